The number of rotatable bonds is 6. The number of ether oxygens (including phenoxy) is 2. The summed E-state index contributed by atoms with van der Waals surface area (Å²) in [5, 5.41) is 7.82. The number of alkyl halides is 3. The third-order valence-electron chi connectivity index (χ3n) is 7.07. The van der Waals surface area contributed by atoms with E-state index in [2.05, 4.69) is 25.4 Å². The molecule has 1 fully saturated rings. The van der Waals surface area contributed by atoms with Crippen LogP contribution in [-0.4, -0.2) is 49.7 Å². The van der Waals surface area contributed by atoms with E-state index in [4.69, 9.17) is 9.47 Å². The summed E-state index contributed by atoms with van der Waals surface area (Å²) >= 11 is 0. The fourth-order valence-electron chi connectivity index (χ4n) is 5.25. The van der Waals surface area contributed by atoms with Crippen molar-refractivity contribution in [1.29, 1.82) is 0 Å². The Bertz CT molecular complexity index is 1460. The highest BCUT2D eigenvalue weighted by Crippen LogP contribution is 2.57. The molecule has 3 aromatic heterocycles. The zero-order valence-corrected chi connectivity index (χ0v) is 20.3. The van der Waals surface area contributed by atoms with Crippen molar-refractivity contribution in [3.8, 4) is 11.4 Å². The van der Waals surface area contributed by atoms with Gasteiger partial charge in [0, 0.05) is 31.0 Å². The number of hydrogen-bond donors (Lipinski definition) is 1. The number of aromatic nitrogens is 5. The highest BCUT2D eigenvalue weighted by molar-refractivity contribution is 5.87. The van der Waals surface area contributed by atoms with Crippen LogP contribution in [0.1, 0.15) is 37.2 Å². The standard InChI is InChI=1S/C26H25F3N6O2/c1-3-20-33-22(18-13-32-35(23(18)34-20)17-7-5-10-30-12-17)31-15-25(26(27,28)29)14-24(2,37-25)19-8-4-6-16-9-11-36-21(16)19/h4-8,10,12-13H,3,9,11,14-15H2,1-2H3,(H,31,33,34). The second-order valence-electron chi connectivity index (χ2n) is 9.59. The highest BCUT2D eigenvalue weighted by atomic mass is 19.4. The molecular weight excluding hydrogens is 485 g/mol. The molecule has 8 nitrogen and oxygen atoms in total. The molecule has 1 aromatic carbocycles. The van der Waals surface area contributed by atoms with E-state index in [0.717, 1.165) is 12.0 Å². The molecule has 6 rings (SSSR count). The van der Waals surface area contributed by atoms with Crippen molar-refractivity contribution in [1.82, 2.24) is 24.7 Å². The summed E-state index contributed by atoms with van der Waals surface area (Å²) in [5.74, 6) is 1.40. The fraction of sp³-hybridized carbons (Fsp3) is 0.385. The monoisotopic (exact) mass is 510 g/mol. The second-order valence-corrected chi connectivity index (χ2v) is 9.59. The Balaban J connectivity index is 1.31. The minimum atomic E-state index is -4.60. The van der Waals surface area contributed by atoms with Gasteiger partial charge in [-0.3, -0.25) is 4.98 Å². The van der Waals surface area contributed by atoms with Gasteiger partial charge in [-0.25, -0.2) is 14.6 Å². The molecule has 0 radical (unpaired) electrons. The van der Waals surface area contributed by atoms with Gasteiger partial charge < -0.3 is 14.8 Å². The van der Waals surface area contributed by atoms with E-state index in [9.17, 15) is 13.2 Å². The van der Waals surface area contributed by atoms with Crippen LogP contribution in [-0.2, 0) is 23.2 Å². The van der Waals surface area contributed by atoms with Crippen LogP contribution in [0.4, 0.5) is 19.0 Å². The molecule has 37 heavy (non-hydrogen) atoms. The van der Waals surface area contributed by atoms with E-state index in [1.807, 2.05) is 25.1 Å². The molecule has 1 N–H and O–H groups in total. The first-order valence-electron chi connectivity index (χ1n) is 12.1. The molecule has 2 aliphatic rings. The largest absolute Gasteiger partial charge is 0.493 e. The van der Waals surface area contributed by atoms with E-state index in [0.29, 0.717) is 46.9 Å². The molecule has 0 amide bonds. The highest BCUT2D eigenvalue weighted by Gasteiger charge is 2.68. The summed E-state index contributed by atoms with van der Waals surface area (Å²) in [6, 6.07) is 9.16. The summed E-state index contributed by atoms with van der Waals surface area (Å²) in [6.07, 6.45) is 1.22. The average molecular weight is 511 g/mol. The van der Waals surface area contributed by atoms with Gasteiger partial charge >= 0.3 is 6.18 Å². The fourth-order valence-corrected chi connectivity index (χ4v) is 5.25. The van der Waals surface area contributed by atoms with Crippen LogP contribution in [0.5, 0.6) is 5.75 Å². The van der Waals surface area contributed by atoms with Crippen molar-refractivity contribution < 1.29 is 22.6 Å². The number of benzene rings is 1. The van der Waals surface area contributed by atoms with Crippen LogP contribution in [0, 0.1) is 0 Å². The number of para-hydroxylation sites is 1. The Kier molecular flexibility index (Phi) is 5.37. The molecule has 11 heteroatoms. The molecule has 4 aromatic rings. The lowest BCUT2D eigenvalue weighted by Crippen LogP contribution is -2.67. The van der Waals surface area contributed by atoms with Crippen molar-refractivity contribution in [2.75, 3.05) is 18.5 Å². The second kappa shape index (κ2) is 8.41. The maximum absolute atomic E-state index is 14.4. The van der Waals surface area contributed by atoms with Crippen LogP contribution < -0.4 is 10.1 Å². The van der Waals surface area contributed by atoms with Crippen molar-refractivity contribution in [3.05, 3.63) is 65.9 Å². The van der Waals surface area contributed by atoms with Crippen molar-refractivity contribution in [2.24, 2.45) is 0 Å². The van der Waals surface area contributed by atoms with Gasteiger partial charge in [-0.2, -0.15) is 18.3 Å². The number of nitrogens with one attached hydrogen (secondary N) is 1. The molecule has 0 bridgehead atoms. The Hall–Kier alpha value is -3.73. The van der Waals surface area contributed by atoms with E-state index in [-0.39, 0.29) is 12.2 Å². The van der Waals surface area contributed by atoms with Gasteiger partial charge in [-0.1, -0.05) is 25.1 Å². The van der Waals surface area contributed by atoms with Gasteiger partial charge in [0.2, 0.25) is 0 Å². The molecule has 2 atom stereocenters. The molecule has 0 aliphatic carbocycles. The van der Waals surface area contributed by atoms with Crippen LogP contribution >= 0.6 is 0 Å². The number of pyridine rings is 1. The average Bonchev–Trinajstić information content (AvgIpc) is 3.52. The molecule has 2 unspecified atom stereocenters. The van der Waals surface area contributed by atoms with Crippen LogP contribution in [0.25, 0.3) is 16.7 Å². The molecular formula is C26H25F3N6O2. The minimum absolute atomic E-state index is 0.250. The first kappa shape index (κ1) is 23.7. The van der Waals surface area contributed by atoms with Gasteiger partial charge in [-0.05, 0) is 24.6 Å². The number of anilines is 1. The number of aryl methyl sites for hydroxylation is 1. The Morgan fingerprint density at radius 1 is 1.14 bits per heavy atom. The maximum atomic E-state index is 14.4. The molecule has 1 saturated heterocycles. The van der Waals surface area contributed by atoms with Crippen LogP contribution in [0.3, 0.4) is 0 Å². The summed E-state index contributed by atoms with van der Waals surface area (Å²) in [7, 11) is 0. The van der Waals surface area contributed by atoms with Crippen molar-refractivity contribution in [3.63, 3.8) is 0 Å². The van der Waals surface area contributed by atoms with Gasteiger partial charge in [0.05, 0.1) is 42.2 Å². The molecule has 2 aliphatic heterocycles. The molecule has 0 saturated carbocycles. The number of halogens is 3. The lowest BCUT2D eigenvalue weighted by Gasteiger charge is -2.55. The summed E-state index contributed by atoms with van der Waals surface area (Å²) in [5.41, 5.74) is -0.685. The quantitative estimate of drug-likeness (QED) is 0.400. The lowest BCUT2D eigenvalue weighted by molar-refractivity contribution is -0.380. The predicted octanol–water partition coefficient (Wildman–Crippen LogP) is 4.76. The lowest BCUT2D eigenvalue weighted by atomic mass is 9.74. The topological polar surface area (TPSA) is 87.0 Å². The molecule has 5 heterocycles. The first-order chi connectivity index (χ1) is 17.7. The first-order valence-corrected chi connectivity index (χ1v) is 12.1. The third kappa shape index (κ3) is 3.79. The maximum Gasteiger partial charge on any atom is 0.419 e. The number of nitrogens with zero attached hydrogens (tertiary/aromatic N) is 5. The Labute approximate surface area is 210 Å². The molecule has 192 valence electrons. The van der Waals surface area contributed by atoms with Crippen LogP contribution in [0.15, 0.2) is 48.9 Å². The third-order valence-corrected chi connectivity index (χ3v) is 7.07. The molecule has 0 spiro atoms. The number of fused-ring (bicyclic) bond motifs is 2. The normalized spacial score (nSPS) is 22.9. The van der Waals surface area contributed by atoms with E-state index < -0.39 is 23.9 Å². The smallest absolute Gasteiger partial charge is 0.419 e. The zero-order chi connectivity index (χ0) is 25.8. The van der Waals surface area contributed by atoms with E-state index in [1.54, 1.807) is 42.3 Å². The zero-order valence-electron chi connectivity index (χ0n) is 20.3. The predicted molar refractivity (Wildman–Crippen MR) is 130 cm³/mol. The summed E-state index contributed by atoms with van der Waals surface area (Å²) in [6.45, 7) is 3.58. The SMILES string of the molecule is CCc1nc(NCC2(C(F)(F)F)CC(C)(c3cccc4c3OCC4)O2)c2cnn(-c3cccnc3)c2n1. The van der Waals surface area contributed by atoms with Crippen LogP contribution in [0.2, 0.25) is 0 Å². The van der Waals surface area contributed by atoms with Gasteiger partial charge in [0.15, 0.2) is 11.2 Å². The van der Waals surface area contributed by atoms with Gasteiger partial charge in [0.25, 0.3) is 0 Å². The number of hydrogen-bond acceptors (Lipinski definition) is 7. The van der Waals surface area contributed by atoms with Gasteiger partial charge in [0.1, 0.15) is 17.4 Å². The Morgan fingerprint density at radius 2 is 1.97 bits per heavy atom. The summed E-state index contributed by atoms with van der Waals surface area (Å²) < 4.78 is 56.4. The van der Waals surface area contributed by atoms with E-state index in [1.165, 1.54) is 0 Å². The van der Waals surface area contributed by atoms with Gasteiger partial charge in [-0.15, -0.1) is 0 Å². The summed E-state index contributed by atoms with van der Waals surface area (Å²) in [4.78, 5) is 13.2. The minimum Gasteiger partial charge on any atom is -0.493 e. The van der Waals surface area contributed by atoms with E-state index >= 15 is 0 Å². The van der Waals surface area contributed by atoms with Crippen molar-refractivity contribution >= 4 is 16.9 Å². The Morgan fingerprint density at radius 3 is 2.70 bits per heavy atom. The van der Waals surface area contributed by atoms with Crippen molar-refractivity contribution in [2.45, 2.75) is 50.5 Å².